The van der Waals surface area contributed by atoms with Gasteiger partial charge in [-0.25, -0.2) is 4.98 Å². The lowest BCUT2D eigenvalue weighted by molar-refractivity contribution is 0.412. The molecule has 1 aromatic heterocycles. The van der Waals surface area contributed by atoms with Crippen molar-refractivity contribution in [1.29, 1.82) is 0 Å². The number of methoxy groups -OCH3 is 1. The van der Waals surface area contributed by atoms with Crippen LogP contribution in [0.3, 0.4) is 0 Å². The molecule has 0 aliphatic carbocycles. The lowest BCUT2D eigenvalue weighted by Crippen LogP contribution is -2.27. The van der Waals surface area contributed by atoms with Crippen molar-refractivity contribution in [3.8, 4) is 5.75 Å². The molecule has 1 aromatic rings. The third kappa shape index (κ3) is 2.44. The Labute approximate surface area is 96.6 Å². The second kappa shape index (κ2) is 5.16. The Morgan fingerprint density at radius 3 is 3.19 bits per heavy atom. The van der Waals surface area contributed by atoms with Crippen LogP contribution in [0.4, 0.5) is 5.82 Å². The molecule has 0 aromatic carbocycles. The van der Waals surface area contributed by atoms with Gasteiger partial charge in [0.05, 0.1) is 7.11 Å². The van der Waals surface area contributed by atoms with Gasteiger partial charge in [-0.3, -0.25) is 0 Å². The highest BCUT2D eigenvalue weighted by atomic mass is 16.5. The standard InChI is InChI=1S/C12H19N3O/c1-15(9-10-5-7-13-8-10)12-11(16-2)4-3-6-14-12/h3-4,6,10,13H,5,7-9H2,1-2H3. The van der Waals surface area contributed by atoms with Crippen LogP contribution in [-0.4, -0.2) is 38.8 Å². The van der Waals surface area contributed by atoms with Gasteiger partial charge in [-0.1, -0.05) is 0 Å². The number of hydrogen-bond donors (Lipinski definition) is 1. The smallest absolute Gasteiger partial charge is 0.171 e. The predicted octanol–water partition coefficient (Wildman–Crippen LogP) is 1.14. The minimum Gasteiger partial charge on any atom is -0.493 e. The zero-order valence-electron chi connectivity index (χ0n) is 9.94. The Hall–Kier alpha value is -1.29. The topological polar surface area (TPSA) is 37.4 Å². The average Bonchev–Trinajstić information content (AvgIpc) is 2.81. The SMILES string of the molecule is COc1cccnc1N(C)CC1CCNC1. The molecule has 88 valence electrons. The maximum absolute atomic E-state index is 5.31. The summed E-state index contributed by atoms with van der Waals surface area (Å²) >= 11 is 0. The second-order valence-electron chi connectivity index (χ2n) is 4.27. The molecule has 1 aliphatic rings. The third-order valence-corrected chi connectivity index (χ3v) is 3.03. The average molecular weight is 221 g/mol. The third-order valence-electron chi connectivity index (χ3n) is 3.03. The van der Waals surface area contributed by atoms with Crippen LogP contribution >= 0.6 is 0 Å². The summed E-state index contributed by atoms with van der Waals surface area (Å²) < 4.78 is 5.31. The molecular formula is C12H19N3O. The number of ether oxygens (including phenoxy) is 1. The summed E-state index contributed by atoms with van der Waals surface area (Å²) in [6, 6.07) is 3.85. The number of hydrogen-bond acceptors (Lipinski definition) is 4. The Kier molecular flexibility index (Phi) is 3.62. The molecule has 4 nitrogen and oxygen atoms in total. The van der Waals surface area contributed by atoms with Gasteiger partial charge in [-0.15, -0.1) is 0 Å². The molecule has 0 amide bonds. The zero-order chi connectivity index (χ0) is 11.4. The van der Waals surface area contributed by atoms with Crippen molar-refractivity contribution in [2.24, 2.45) is 5.92 Å². The molecule has 1 atom stereocenters. The predicted molar refractivity (Wildman–Crippen MR) is 65.0 cm³/mol. The van der Waals surface area contributed by atoms with Crippen molar-refractivity contribution >= 4 is 5.82 Å². The Balaban J connectivity index is 2.04. The molecule has 0 spiro atoms. The minimum absolute atomic E-state index is 0.719. The van der Waals surface area contributed by atoms with Gasteiger partial charge in [0.1, 0.15) is 0 Å². The normalized spacial score (nSPS) is 19.8. The lowest BCUT2D eigenvalue weighted by Gasteiger charge is -2.23. The summed E-state index contributed by atoms with van der Waals surface area (Å²) in [6.45, 7) is 3.28. The Bertz CT molecular complexity index is 337. The molecule has 0 saturated carbocycles. The van der Waals surface area contributed by atoms with E-state index in [1.54, 1.807) is 13.3 Å². The first-order valence-corrected chi connectivity index (χ1v) is 5.72. The first-order valence-electron chi connectivity index (χ1n) is 5.72. The van der Waals surface area contributed by atoms with E-state index >= 15 is 0 Å². The highest BCUT2D eigenvalue weighted by Gasteiger charge is 2.18. The monoisotopic (exact) mass is 221 g/mol. The van der Waals surface area contributed by atoms with Crippen LogP contribution < -0.4 is 15.0 Å². The zero-order valence-corrected chi connectivity index (χ0v) is 9.94. The fourth-order valence-corrected chi connectivity index (χ4v) is 2.17. The van der Waals surface area contributed by atoms with Crippen molar-refractivity contribution in [2.45, 2.75) is 6.42 Å². The van der Waals surface area contributed by atoms with E-state index in [2.05, 4.69) is 22.2 Å². The van der Waals surface area contributed by atoms with Gasteiger partial charge < -0.3 is 15.0 Å². The molecule has 1 fully saturated rings. The van der Waals surface area contributed by atoms with Crippen LogP contribution in [-0.2, 0) is 0 Å². The largest absolute Gasteiger partial charge is 0.493 e. The number of pyridine rings is 1. The molecular weight excluding hydrogens is 202 g/mol. The summed E-state index contributed by atoms with van der Waals surface area (Å²) in [7, 11) is 3.76. The number of rotatable bonds is 4. The molecule has 2 rings (SSSR count). The van der Waals surface area contributed by atoms with Crippen molar-refractivity contribution < 1.29 is 4.74 Å². The van der Waals surface area contributed by atoms with Gasteiger partial charge in [0.2, 0.25) is 0 Å². The van der Waals surface area contributed by atoms with Gasteiger partial charge in [0.15, 0.2) is 11.6 Å². The molecule has 1 aliphatic heterocycles. The number of aromatic nitrogens is 1. The number of nitrogens with zero attached hydrogens (tertiary/aromatic N) is 2. The van der Waals surface area contributed by atoms with Crippen LogP contribution in [0.1, 0.15) is 6.42 Å². The summed E-state index contributed by atoms with van der Waals surface area (Å²) in [5.41, 5.74) is 0. The number of anilines is 1. The molecule has 2 heterocycles. The molecule has 0 radical (unpaired) electrons. The van der Waals surface area contributed by atoms with Gasteiger partial charge in [0, 0.05) is 19.8 Å². The molecule has 0 bridgehead atoms. The van der Waals surface area contributed by atoms with Crippen molar-refractivity contribution in [2.75, 3.05) is 38.7 Å². The van der Waals surface area contributed by atoms with Gasteiger partial charge in [-0.05, 0) is 37.6 Å². The first kappa shape index (κ1) is 11.2. The molecule has 1 saturated heterocycles. The Morgan fingerprint density at radius 1 is 1.62 bits per heavy atom. The number of nitrogens with one attached hydrogen (secondary N) is 1. The molecule has 4 heteroatoms. The summed E-state index contributed by atoms with van der Waals surface area (Å²) in [6.07, 6.45) is 3.06. The molecule has 16 heavy (non-hydrogen) atoms. The highest BCUT2D eigenvalue weighted by molar-refractivity contribution is 5.51. The van der Waals surface area contributed by atoms with Crippen LogP contribution in [0.25, 0.3) is 0 Å². The lowest BCUT2D eigenvalue weighted by atomic mass is 10.1. The van der Waals surface area contributed by atoms with E-state index in [0.717, 1.165) is 37.1 Å². The minimum atomic E-state index is 0.719. The fraction of sp³-hybridized carbons (Fsp3) is 0.583. The van der Waals surface area contributed by atoms with Crippen molar-refractivity contribution in [3.63, 3.8) is 0 Å². The van der Waals surface area contributed by atoms with E-state index < -0.39 is 0 Å². The van der Waals surface area contributed by atoms with Gasteiger partial charge >= 0.3 is 0 Å². The van der Waals surface area contributed by atoms with E-state index in [1.807, 2.05) is 12.1 Å². The highest BCUT2D eigenvalue weighted by Crippen LogP contribution is 2.24. The van der Waals surface area contributed by atoms with E-state index in [0.29, 0.717) is 0 Å². The van der Waals surface area contributed by atoms with E-state index in [9.17, 15) is 0 Å². The second-order valence-corrected chi connectivity index (χ2v) is 4.27. The first-order chi connectivity index (χ1) is 7.81. The summed E-state index contributed by atoms with van der Waals surface area (Å²) in [4.78, 5) is 6.55. The van der Waals surface area contributed by atoms with Crippen LogP contribution in [0.15, 0.2) is 18.3 Å². The van der Waals surface area contributed by atoms with E-state index in [4.69, 9.17) is 4.74 Å². The summed E-state index contributed by atoms with van der Waals surface area (Å²) in [5, 5.41) is 3.38. The maximum atomic E-state index is 5.31. The maximum Gasteiger partial charge on any atom is 0.171 e. The quantitative estimate of drug-likeness (QED) is 0.827. The Morgan fingerprint density at radius 2 is 2.50 bits per heavy atom. The van der Waals surface area contributed by atoms with Gasteiger partial charge in [-0.2, -0.15) is 0 Å². The fourth-order valence-electron chi connectivity index (χ4n) is 2.17. The van der Waals surface area contributed by atoms with Gasteiger partial charge in [0.25, 0.3) is 0 Å². The molecule has 1 N–H and O–H groups in total. The van der Waals surface area contributed by atoms with Crippen molar-refractivity contribution in [1.82, 2.24) is 10.3 Å². The van der Waals surface area contributed by atoms with Crippen molar-refractivity contribution in [3.05, 3.63) is 18.3 Å². The summed E-state index contributed by atoms with van der Waals surface area (Å²) in [5.74, 6) is 2.49. The van der Waals surface area contributed by atoms with Crippen LogP contribution in [0.5, 0.6) is 5.75 Å². The van der Waals surface area contributed by atoms with E-state index in [1.165, 1.54) is 6.42 Å². The van der Waals surface area contributed by atoms with Crippen LogP contribution in [0.2, 0.25) is 0 Å². The molecule has 1 unspecified atom stereocenters. The van der Waals surface area contributed by atoms with Crippen LogP contribution in [0, 0.1) is 5.92 Å². The van der Waals surface area contributed by atoms with E-state index in [-0.39, 0.29) is 0 Å².